The first-order valence-corrected chi connectivity index (χ1v) is 4.25. The van der Waals surface area contributed by atoms with Crippen LogP contribution in [0.3, 0.4) is 0 Å². The summed E-state index contributed by atoms with van der Waals surface area (Å²) < 4.78 is 4.92. The number of nitrogens with zero attached hydrogens (tertiary/aromatic N) is 1. The monoisotopic (exact) mass is 193 g/mol. The molecule has 1 aromatic carbocycles. The molecule has 0 bridgehead atoms. The van der Waals surface area contributed by atoms with E-state index in [1.165, 1.54) is 0 Å². The van der Waals surface area contributed by atoms with Crippen LogP contribution in [-0.2, 0) is 0 Å². The van der Waals surface area contributed by atoms with Crippen molar-refractivity contribution < 1.29 is 4.42 Å². The molecule has 0 aliphatic heterocycles. The summed E-state index contributed by atoms with van der Waals surface area (Å²) in [6.07, 6.45) is 0. The molecule has 0 spiro atoms. The largest absolute Gasteiger partial charge is 0.417 e. The highest BCUT2D eigenvalue weighted by Crippen LogP contribution is 2.18. The number of fused-ring (bicyclic) bond motifs is 1. The van der Waals surface area contributed by atoms with Gasteiger partial charge in [-0.05, 0) is 12.1 Å². The van der Waals surface area contributed by atoms with Crippen molar-refractivity contribution in [2.24, 2.45) is 5.73 Å². The molecule has 0 aliphatic rings. The van der Waals surface area contributed by atoms with Gasteiger partial charge in [0.15, 0.2) is 5.58 Å². The average Bonchev–Trinajstić information content (AvgIpc) is 2.55. The highest BCUT2D eigenvalue weighted by Gasteiger charge is 2.03. The van der Waals surface area contributed by atoms with Crippen molar-refractivity contribution in [2.45, 2.75) is 0 Å². The fourth-order valence-corrected chi connectivity index (χ4v) is 1.28. The van der Waals surface area contributed by atoms with Gasteiger partial charge in [0, 0.05) is 18.8 Å². The van der Waals surface area contributed by atoms with Crippen LogP contribution in [0.5, 0.6) is 0 Å². The summed E-state index contributed by atoms with van der Waals surface area (Å²) in [5.74, 6) is -0.437. The van der Waals surface area contributed by atoms with E-state index in [1.807, 2.05) is 18.0 Å². The lowest BCUT2D eigenvalue weighted by Crippen LogP contribution is -2.24. The zero-order valence-corrected chi connectivity index (χ0v) is 7.78. The summed E-state index contributed by atoms with van der Waals surface area (Å²) in [5, 5.41) is 0. The van der Waals surface area contributed by atoms with Gasteiger partial charge in [0.05, 0.1) is 12.2 Å². The van der Waals surface area contributed by atoms with Crippen LogP contribution in [0.15, 0.2) is 27.4 Å². The van der Waals surface area contributed by atoms with E-state index in [9.17, 15) is 4.79 Å². The molecule has 14 heavy (non-hydrogen) atoms. The number of H-pyrrole nitrogens is 1. The Morgan fingerprint density at radius 3 is 3.07 bits per heavy atom. The maximum absolute atomic E-state index is 10.9. The molecule has 2 aromatic rings. The molecule has 74 valence electrons. The second kappa shape index (κ2) is 3.19. The quantitative estimate of drug-likeness (QED) is 0.680. The molecule has 0 saturated heterocycles. The summed E-state index contributed by atoms with van der Waals surface area (Å²) in [6.45, 7) is 0.417. The molecule has 0 unspecified atom stereocenters. The van der Waals surface area contributed by atoms with Gasteiger partial charge in [0.1, 0.15) is 0 Å². The first-order valence-electron chi connectivity index (χ1n) is 4.25. The van der Waals surface area contributed by atoms with Crippen molar-refractivity contribution in [3.63, 3.8) is 0 Å². The summed E-state index contributed by atoms with van der Waals surface area (Å²) in [5.41, 5.74) is 7.65. The van der Waals surface area contributed by atoms with Crippen LogP contribution in [0.2, 0.25) is 0 Å². The Labute approximate surface area is 80.1 Å². The molecule has 0 fully saturated rings. The zero-order valence-electron chi connectivity index (χ0n) is 7.78. The summed E-state index contributed by atoms with van der Waals surface area (Å²) in [6, 6.07) is 5.45. The second-order valence-electron chi connectivity index (χ2n) is 3.08. The van der Waals surface area contributed by atoms with E-state index < -0.39 is 5.76 Å². The Hall–Kier alpha value is -1.75. The number of rotatable bonds is 2. The first-order chi connectivity index (χ1) is 6.70. The number of oxazole rings is 1. The number of hydrogen-bond donors (Lipinski definition) is 2. The Morgan fingerprint density at radius 1 is 1.57 bits per heavy atom. The number of hydrogen-bond acceptors (Lipinski definition) is 4. The highest BCUT2D eigenvalue weighted by atomic mass is 16.4. The number of nitrogens with two attached hydrogens (primary N) is 1. The lowest BCUT2D eigenvalue weighted by molar-refractivity contribution is 0.555. The van der Waals surface area contributed by atoms with E-state index in [2.05, 4.69) is 4.98 Å². The molecule has 5 heteroatoms. The van der Waals surface area contributed by atoms with Gasteiger partial charge >= 0.3 is 5.76 Å². The normalized spacial score (nSPS) is 10.7. The molecule has 0 amide bonds. The van der Waals surface area contributed by atoms with Crippen LogP contribution in [0.25, 0.3) is 11.1 Å². The predicted octanol–water partition coefficient (Wildman–Crippen LogP) is 0.473. The van der Waals surface area contributed by atoms with E-state index in [1.54, 1.807) is 12.1 Å². The molecular formula is C9H11N3O2. The van der Waals surface area contributed by atoms with Crippen LogP contribution in [-0.4, -0.2) is 18.7 Å². The summed E-state index contributed by atoms with van der Waals surface area (Å²) in [4.78, 5) is 15.3. The Bertz CT molecular complexity index is 500. The van der Waals surface area contributed by atoms with Crippen LogP contribution < -0.4 is 16.4 Å². The average molecular weight is 193 g/mol. The maximum atomic E-state index is 10.9. The third kappa shape index (κ3) is 1.38. The lowest BCUT2D eigenvalue weighted by Gasteiger charge is -2.15. The molecule has 3 N–H and O–H groups in total. The minimum absolute atomic E-state index is 0.417. The van der Waals surface area contributed by atoms with Crippen LogP contribution in [0.4, 0.5) is 5.69 Å². The lowest BCUT2D eigenvalue weighted by atomic mass is 10.3. The Balaban J connectivity index is 2.55. The smallest absolute Gasteiger partial charge is 0.408 e. The Morgan fingerprint density at radius 2 is 2.36 bits per heavy atom. The van der Waals surface area contributed by atoms with Gasteiger partial charge in [-0.3, -0.25) is 4.98 Å². The molecular weight excluding hydrogens is 182 g/mol. The molecule has 0 atom stereocenters. The van der Waals surface area contributed by atoms with Crippen LogP contribution in [0.1, 0.15) is 0 Å². The number of aromatic amines is 1. The van der Waals surface area contributed by atoms with Gasteiger partial charge in [0.25, 0.3) is 0 Å². The minimum Gasteiger partial charge on any atom is -0.408 e. The van der Waals surface area contributed by atoms with Crippen molar-refractivity contribution in [2.75, 3.05) is 18.6 Å². The molecule has 1 heterocycles. The van der Waals surface area contributed by atoms with E-state index in [-0.39, 0.29) is 0 Å². The number of aromatic nitrogens is 1. The number of anilines is 1. The van der Waals surface area contributed by atoms with Gasteiger partial charge in [-0.15, -0.1) is 0 Å². The fraction of sp³-hybridized carbons (Fsp3) is 0.222. The number of benzene rings is 1. The Kier molecular flexibility index (Phi) is 2.01. The number of nitrogens with one attached hydrogen (secondary N) is 1. The van der Waals surface area contributed by atoms with Gasteiger partial charge in [0.2, 0.25) is 0 Å². The van der Waals surface area contributed by atoms with E-state index >= 15 is 0 Å². The molecule has 1 aromatic heterocycles. The second-order valence-corrected chi connectivity index (χ2v) is 3.08. The highest BCUT2D eigenvalue weighted by molar-refractivity contribution is 5.76. The van der Waals surface area contributed by atoms with Crippen molar-refractivity contribution in [1.82, 2.24) is 4.98 Å². The van der Waals surface area contributed by atoms with E-state index in [4.69, 9.17) is 10.2 Å². The SMILES string of the molecule is CN(CN)c1ccc2[nH]c(=O)oc2c1. The predicted molar refractivity (Wildman–Crippen MR) is 54.3 cm³/mol. The van der Waals surface area contributed by atoms with Crippen LogP contribution >= 0.6 is 0 Å². The van der Waals surface area contributed by atoms with Crippen molar-refractivity contribution in [3.05, 3.63) is 28.7 Å². The fourth-order valence-electron chi connectivity index (χ4n) is 1.28. The molecule has 0 aliphatic carbocycles. The van der Waals surface area contributed by atoms with Gasteiger partial charge < -0.3 is 15.1 Å². The topological polar surface area (TPSA) is 75.3 Å². The van der Waals surface area contributed by atoms with E-state index in [0.717, 1.165) is 5.69 Å². The van der Waals surface area contributed by atoms with Crippen molar-refractivity contribution in [1.29, 1.82) is 0 Å². The van der Waals surface area contributed by atoms with Gasteiger partial charge in [-0.2, -0.15) is 0 Å². The third-order valence-corrected chi connectivity index (χ3v) is 2.12. The van der Waals surface area contributed by atoms with Gasteiger partial charge in [-0.1, -0.05) is 0 Å². The van der Waals surface area contributed by atoms with Crippen molar-refractivity contribution in [3.8, 4) is 0 Å². The standard InChI is InChI=1S/C9H11N3O2/c1-12(5-10)6-2-3-7-8(4-6)14-9(13)11-7/h2-4H,5,10H2,1H3,(H,11,13). The maximum Gasteiger partial charge on any atom is 0.417 e. The zero-order chi connectivity index (χ0) is 10.1. The summed E-state index contributed by atoms with van der Waals surface area (Å²) in [7, 11) is 1.87. The minimum atomic E-state index is -0.437. The van der Waals surface area contributed by atoms with Gasteiger partial charge in [-0.25, -0.2) is 4.79 Å². The molecule has 5 nitrogen and oxygen atoms in total. The summed E-state index contributed by atoms with van der Waals surface area (Å²) >= 11 is 0. The molecule has 0 saturated carbocycles. The van der Waals surface area contributed by atoms with E-state index in [0.29, 0.717) is 17.8 Å². The first kappa shape index (κ1) is 8.83. The van der Waals surface area contributed by atoms with Crippen LogP contribution in [0, 0.1) is 0 Å². The third-order valence-electron chi connectivity index (χ3n) is 2.12. The molecule has 2 rings (SSSR count). The van der Waals surface area contributed by atoms with Crippen molar-refractivity contribution >= 4 is 16.8 Å². The molecule has 0 radical (unpaired) electrons.